The second-order valence-corrected chi connectivity index (χ2v) is 2.26. The van der Waals surface area contributed by atoms with Crippen LogP contribution in [0.15, 0.2) is 15.2 Å². The van der Waals surface area contributed by atoms with Crippen molar-refractivity contribution in [1.82, 2.24) is 5.32 Å². The van der Waals surface area contributed by atoms with Gasteiger partial charge in [-0.15, -0.1) is 0 Å². The summed E-state index contributed by atoms with van der Waals surface area (Å²) in [5.74, 6) is 0.292. The van der Waals surface area contributed by atoms with Crippen molar-refractivity contribution in [1.29, 1.82) is 0 Å². The van der Waals surface area contributed by atoms with Crippen LogP contribution in [-0.4, -0.2) is 12.5 Å². The summed E-state index contributed by atoms with van der Waals surface area (Å²) in [6.45, 7) is 0.404. The van der Waals surface area contributed by atoms with Crippen LogP contribution in [0.4, 0.5) is 0 Å². The molecule has 0 aliphatic carbocycles. The lowest BCUT2D eigenvalue weighted by Gasteiger charge is -2.09. The van der Waals surface area contributed by atoms with Gasteiger partial charge in [0.15, 0.2) is 0 Å². The molecule has 9 heavy (non-hydrogen) atoms. The van der Waals surface area contributed by atoms with E-state index in [1.54, 1.807) is 0 Å². The molecule has 0 aromatic carbocycles. The Bertz CT molecular complexity index is 184. The van der Waals surface area contributed by atoms with Crippen molar-refractivity contribution in [3.63, 3.8) is 0 Å². The second kappa shape index (κ2) is 2.45. The molecule has 0 radical (unpaired) electrons. The van der Waals surface area contributed by atoms with E-state index in [1.165, 1.54) is 0 Å². The molecular formula is C4H5Cl2N3. The van der Waals surface area contributed by atoms with E-state index < -0.39 is 0 Å². The predicted octanol–water partition coefficient (Wildman–Crippen LogP) is 0.551. The molecule has 0 spiro atoms. The molecule has 1 aliphatic rings. The summed E-state index contributed by atoms with van der Waals surface area (Å²) in [4.78, 5) is 3.77. The van der Waals surface area contributed by atoms with Crippen molar-refractivity contribution in [3.8, 4) is 0 Å². The third kappa shape index (κ3) is 1.28. The molecule has 1 aliphatic heterocycles. The van der Waals surface area contributed by atoms with Crippen LogP contribution >= 0.6 is 23.2 Å². The van der Waals surface area contributed by atoms with Crippen molar-refractivity contribution < 1.29 is 0 Å². The monoisotopic (exact) mass is 165 g/mol. The van der Waals surface area contributed by atoms with E-state index in [-0.39, 0.29) is 0 Å². The molecule has 1 rings (SSSR count). The minimum Gasteiger partial charge on any atom is -0.383 e. The van der Waals surface area contributed by atoms with Gasteiger partial charge in [0.1, 0.15) is 22.7 Å². The van der Waals surface area contributed by atoms with Gasteiger partial charge >= 0.3 is 0 Å². The highest BCUT2D eigenvalue weighted by Crippen LogP contribution is 2.13. The maximum Gasteiger partial charge on any atom is 0.142 e. The lowest BCUT2D eigenvalue weighted by Crippen LogP contribution is -2.25. The third-order valence-electron chi connectivity index (χ3n) is 0.901. The SMILES string of the molecule is NC1=NCNC(Cl)=C1Cl. The maximum atomic E-state index is 5.55. The van der Waals surface area contributed by atoms with E-state index in [2.05, 4.69) is 10.3 Å². The quantitative estimate of drug-likeness (QED) is 0.516. The number of hydrogen-bond donors (Lipinski definition) is 2. The second-order valence-electron chi connectivity index (χ2n) is 1.51. The molecule has 0 saturated carbocycles. The fraction of sp³-hybridized carbons (Fsp3) is 0.250. The number of nitrogens with zero attached hydrogens (tertiary/aromatic N) is 1. The largest absolute Gasteiger partial charge is 0.383 e. The molecule has 3 nitrogen and oxygen atoms in total. The van der Waals surface area contributed by atoms with Gasteiger partial charge in [0.2, 0.25) is 0 Å². The molecular weight excluding hydrogens is 161 g/mol. The Balaban J connectivity index is 2.88. The van der Waals surface area contributed by atoms with Crippen LogP contribution in [0.5, 0.6) is 0 Å². The molecule has 0 amide bonds. The van der Waals surface area contributed by atoms with Crippen molar-refractivity contribution in [2.24, 2.45) is 10.7 Å². The number of halogens is 2. The number of rotatable bonds is 0. The zero-order chi connectivity index (χ0) is 6.85. The zero-order valence-electron chi connectivity index (χ0n) is 4.49. The van der Waals surface area contributed by atoms with E-state index in [0.29, 0.717) is 22.7 Å². The van der Waals surface area contributed by atoms with Crippen LogP contribution in [0.1, 0.15) is 0 Å². The maximum absolute atomic E-state index is 5.55. The van der Waals surface area contributed by atoms with Crippen molar-refractivity contribution >= 4 is 29.0 Å². The molecule has 0 fully saturated rings. The molecule has 3 N–H and O–H groups in total. The summed E-state index contributed by atoms with van der Waals surface area (Å²) in [5.41, 5.74) is 5.30. The summed E-state index contributed by atoms with van der Waals surface area (Å²) in [5, 5.41) is 3.37. The van der Waals surface area contributed by atoms with Gasteiger partial charge in [0, 0.05) is 0 Å². The van der Waals surface area contributed by atoms with Crippen LogP contribution in [0, 0.1) is 0 Å². The molecule has 50 valence electrons. The minimum atomic E-state index is 0.292. The van der Waals surface area contributed by atoms with Crippen LogP contribution in [0.3, 0.4) is 0 Å². The summed E-state index contributed by atoms with van der Waals surface area (Å²) >= 11 is 11.1. The Hall–Kier alpha value is -0.410. The Labute approximate surface area is 62.5 Å². The smallest absolute Gasteiger partial charge is 0.142 e. The van der Waals surface area contributed by atoms with Crippen molar-refractivity contribution in [2.45, 2.75) is 0 Å². The average Bonchev–Trinajstić information content (AvgIpc) is 1.83. The molecule has 0 bridgehead atoms. The highest BCUT2D eigenvalue weighted by atomic mass is 35.5. The predicted molar refractivity (Wildman–Crippen MR) is 38.4 cm³/mol. The fourth-order valence-corrected chi connectivity index (χ4v) is 0.737. The van der Waals surface area contributed by atoms with Gasteiger partial charge in [-0.1, -0.05) is 23.2 Å². The molecule has 0 atom stereocenters. The van der Waals surface area contributed by atoms with Gasteiger partial charge in [-0.2, -0.15) is 0 Å². The number of amidine groups is 1. The van der Waals surface area contributed by atoms with Gasteiger partial charge in [-0.3, -0.25) is 0 Å². The third-order valence-corrected chi connectivity index (χ3v) is 1.70. The first-order chi connectivity index (χ1) is 4.22. The number of aliphatic imine (C=N–C) groups is 1. The summed E-state index contributed by atoms with van der Waals surface area (Å²) in [6.07, 6.45) is 0. The first-order valence-corrected chi connectivity index (χ1v) is 3.07. The van der Waals surface area contributed by atoms with Gasteiger partial charge in [-0.05, 0) is 0 Å². The normalized spacial score (nSPS) is 19.1. The Morgan fingerprint density at radius 1 is 1.56 bits per heavy atom. The summed E-state index contributed by atoms with van der Waals surface area (Å²) in [7, 11) is 0. The summed E-state index contributed by atoms with van der Waals surface area (Å²) in [6, 6.07) is 0. The Morgan fingerprint density at radius 3 is 2.67 bits per heavy atom. The molecule has 0 unspecified atom stereocenters. The van der Waals surface area contributed by atoms with Crippen LogP contribution in [0.2, 0.25) is 0 Å². The first kappa shape index (κ1) is 6.71. The highest BCUT2D eigenvalue weighted by Gasteiger charge is 2.09. The van der Waals surface area contributed by atoms with Crippen molar-refractivity contribution in [2.75, 3.05) is 6.67 Å². The highest BCUT2D eigenvalue weighted by molar-refractivity contribution is 6.48. The molecule has 0 aromatic heterocycles. The van der Waals surface area contributed by atoms with Gasteiger partial charge in [0.05, 0.1) is 0 Å². The van der Waals surface area contributed by atoms with Crippen LogP contribution in [-0.2, 0) is 0 Å². The lowest BCUT2D eigenvalue weighted by atomic mass is 10.5. The van der Waals surface area contributed by atoms with Crippen LogP contribution in [0.25, 0.3) is 0 Å². The van der Waals surface area contributed by atoms with E-state index in [4.69, 9.17) is 28.9 Å². The molecule has 0 saturated heterocycles. The van der Waals surface area contributed by atoms with Crippen LogP contribution < -0.4 is 11.1 Å². The lowest BCUT2D eigenvalue weighted by molar-refractivity contribution is 0.852. The van der Waals surface area contributed by atoms with E-state index in [1.807, 2.05) is 0 Å². The summed E-state index contributed by atoms with van der Waals surface area (Å²) < 4.78 is 0. The average molecular weight is 166 g/mol. The van der Waals surface area contributed by atoms with Gasteiger partial charge in [-0.25, -0.2) is 4.99 Å². The van der Waals surface area contributed by atoms with E-state index in [0.717, 1.165) is 0 Å². The zero-order valence-corrected chi connectivity index (χ0v) is 6.00. The number of hydrogen-bond acceptors (Lipinski definition) is 3. The number of nitrogens with two attached hydrogens (primary N) is 1. The fourth-order valence-electron chi connectivity index (χ4n) is 0.454. The minimum absolute atomic E-state index is 0.292. The molecule has 1 heterocycles. The molecule has 5 heteroatoms. The Morgan fingerprint density at radius 2 is 2.22 bits per heavy atom. The van der Waals surface area contributed by atoms with Gasteiger partial charge in [0.25, 0.3) is 0 Å². The van der Waals surface area contributed by atoms with E-state index in [9.17, 15) is 0 Å². The Kier molecular flexibility index (Phi) is 1.83. The topological polar surface area (TPSA) is 50.4 Å². The van der Waals surface area contributed by atoms with Gasteiger partial charge < -0.3 is 11.1 Å². The van der Waals surface area contributed by atoms with E-state index >= 15 is 0 Å². The standard InChI is InChI=1S/C4H5Cl2N3/c5-2-3(6)8-1-9-4(2)7/h8H,1H2,(H2,7,9). The van der Waals surface area contributed by atoms with Crippen molar-refractivity contribution in [3.05, 3.63) is 10.2 Å². The number of nitrogens with one attached hydrogen (secondary N) is 1. The molecule has 0 aromatic rings. The first-order valence-electron chi connectivity index (χ1n) is 2.31.